The van der Waals surface area contributed by atoms with E-state index in [2.05, 4.69) is 12.2 Å². The van der Waals surface area contributed by atoms with Gasteiger partial charge in [0.25, 0.3) is 0 Å². The molecule has 0 saturated heterocycles. The van der Waals surface area contributed by atoms with Gasteiger partial charge in [-0.2, -0.15) is 0 Å². The van der Waals surface area contributed by atoms with E-state index >= 15 is 0 Å². The molecule has 0 aromatic heterocycles. The van der Waals surface area contributed by atoms with Crippen molar-refractivity contribution in [2.75, 3.05) is 14.2 Å². The Morgan fingerprint density at radius 2 is 1.81 bits per heavy atom. The zero-order valence-corrected chi connectivity index (χ0v) is 19.7. The minimum atomic E-state index is -0.691. The first-order valence-electron chi connectivity index (χ1n) is 10.7. The fourth-order valence-corrected chi connectivity index (χ4v) is 3.84. The van der Waals surface area contributed by atoms with Crippen LogP contribution in [0.3, 0.4) is 0 Å². The van der Waals surface area contributed by atoms with Crippen molar-refractivity contribution in [3.8, 4) is 5.75 Å². The van der Waals surface area contributed by atoms with Crippen LogP contribution in [-0.4, -0.2) is 54.4 Å². The number of carbonyl (C=O) groups excluding carboxylic acids is 2. The summed E-state index contributed by atoms with van der Waals surface area (Å²) in [5.41, 5.74) is -0.357. The van der Waals surface area contributed by atoms with Gasteiger partial charge in [0.05, 0.1) is 24.8 Å². The van der Waals surface area contributed by atoms with Crippen molar-refractivity contribution in [2.45, 2.75) is 77.3 Å². The van der Waals surface area contributed by atoms with Crippen LogP contribution in [0.25, 0.3) is 0 Å². The summed E-state index contributed by atoms with van der Waals surface area (Å²) in [4.78, 5) is 27.2. The molecule has 1 aromatic carbocycles. The van der Waals surface area contributed by atoms with E-state index in [-0.39, 0.29) is 11.9 Å². The van der Waals surface area contributed by atoms with Crippen molar-refractivity contribution in [2.24, 2.45) is 0 Å². The van der Waals surface area contributed by atoms with Gasteiger partial charge in [0.15, 0.2) is 0 Å². The number of nitrogens with one attached hydrogen (secondary N) is 1. The Balaban J connectivity index is 2.33. The third-order valence-corrected chi connectivity index (χ3v) is 5.48. The number of hydrogen-bond acceptors (Lipinski definition) is 5. The minimum Gasteiger partial charge on any atom is -0.497 e. The van der Waals surface area contributed by atoms with Crippen LogP contribution < -0.4 is 10.1 Å². The topological polar surface area (TPSA) is 77.1 Å². The second-order valence-corrected chi connectivity index (χ2v) is 9.05. The summed E-state index contributed by atoms with van der Waals surface area (Å²) < 4.78 is 16.6. The summed E-state index contributed by atoms with van der Waals surface area (Å²) in [5, 5.41) is 3.00. The van der Waals surface area contributed by atoms with E-state index in [1.807, 2.05) is 58.0 Å². The Morgan fingerprint density at radius 1 is 1.16 bits per heavy atom. The van der Waals surface area contributed by atoms with Crippen LogP contribution in [0.2, 0.25) is 0 Å². The molecule has 1 heterocycles. The Kier molecular flexibility index (Phi) is 8.12. The van der Waals surface area contributed by atoms with Crippen molar-refractivity contribution in [3.63, 3.8) is 0 Å². The van der Waals surface area contributed by atoms with Gasteiger partial charge in [-0.1, -0.05) is 31.6 Å². The second-order valence-electron chi connectivity index (χ2n) is 9.05. The molecule has 0 aliphatic carbocycles. The van der Waals surface area contributed by atoms with Gasteiger partial charge in [0.1, 0.15) is 11.4 Å². The lowest BCUT2D eigenvalue weighted by Crippen LogP contribution is -2.61. The molecule has 0 radical (unpaired) electrons. The third-order valence-electron chi connectivity index (χ3n) is 5.48. The molecule has 2 rings (SSSR count). The third kappa shape index (κ3) is 6.47. The van der Waals surface area contributed by atoms with Crippen molar-refractivity contribution in [1.82, 2.24) is 10.2 Å². The summed E-state index contributed by atoms with van der Waals surface area (Å²) in [6.07, 6.45) is 4.42. The highest BCUT2D eigenvalue weighted by Crippen LogP contribution is 2.30. The molecular weight excluding hydrogens is 396 g/mol. The molecule has 1 aromatic rings. The first-order chi connectivity index (χ1) is 14.5. The van der Waals surface area contributed by atoms with Crippen LogP contribution in [0.15, 0.2) is 36.4 Å². The molecule has 2 amide bonds. The Morgan fingerprint density at radius 3 is 2.32 bits per heavy atom. The lowest BCUT2D eigenvalue weighted by atomic mass is 9.85. The molecular formula is C24H36N2O5. The van der Waals surface area contributed by atoms with E-state index in [0.29, 0.717) is 13.0 Å². The van der Waals surface area contributed by atoms with Crippen molar-refractivity contribution < 1.29 is 23.8 Å². The average molecular weight is 433 g/mol. The first kappa shape index (κ1) is 24.7. The van der Waals surface area contributed by atoms with E-state index in [1.165, 1.54) is 0 Å². The Hall–Kier alpha value is -2.54. The summed E-state index contributed by atoms with van der Waals surface area (Å²) in [6, 6.07) is 6.72. The standard InChI is InChI=1S/C24H36N2O5/c1-8-15-24(5,30-7)21(25-22(28)31-23(2,3)4)19-13-14-20(27)26(19)16-17-9-11-18(29-6)12-10-17/h9-14,19,21H,8,15-16H2,1-7H3,(H,25,28)/t19-,21-,24+/m1/s1. The van der Waals surface area contributed by atoms with Gasteiger partial charge in [-0.3, -0.25) is 4.79 Å². The highest BCUT2D eigenvalue weighted by atomic mass is 16.6. The Bertz CT molecular complexity index is 784. The van der Waals surface area contributed by atoms with Crippen LogP contribution in [0, 0.1) is 0 Å². The average Bonchev–Trinajstić information content (AvgIpc) is 3.05. The smallest absolute Gasteiger partial charge is 0.408 e. The fourth-order valence-electron chi connectivity index (χ4n) is 3.84. The highest BCUT2D eigenvalue weighted by Gasteiger charge is 2.45. The monoisotopic (exact) mass is 432 g/mol. The molecule has 3 atom stereocenters. The molecule has 1 aliphatic rings. The molecule has 172 valence electrons. The first-order valence-corrected chi connectivity index (χ1v) is 10.7. The normalized spacial score (nSPS) is 19.1. The molecule has 1 aliphatic heterocycles. The van der Waals surface area contributed by atoms with Gasteiger partial charge in [0, 0.05) is 19.7 Å². The van der Waals surface area contributed by atoms with Crippen LogP contribution in [0.1, 0.15) is 53.0 Å². The Labute approximate surface area is 185 Å². The zero-order valence-electron chi connectivity index (χ0n) is 19.7. The number of benzene rings is 1. The van der Waals surface area contributed by atoms with Crippen LogP contribution in [0.4, 0.5) is 4.79 Å². The molecule has 0 spiro atoms. The van der Waals surface area contributed by atoms with Crippen LogP contribution in [-0.2, 0) is 20.8 Å². The summed E-state index contributed by atoms with van der Waals surface area (Å²) >= 11 is 0. The SMILES string of the molecule is CCC[C@](C)(OC)[C@H](NC(=O)OC(C)(C)C)[C@H]1C=CC(=O)N1Cc1ccc(OC)cc1. The van der Waals surface area contributed by atoms with E-state index < -0.39 is 23.3 Å². The van der Waals surface area contributed by atoms with Crippen molar-refractivity contribution in [1.29, 1.82) is 0 Å². The maximum Gasteiger partial charge on any atom is 0.408 e. The number of methoxy groups -OCH3 is 2. The molecule has 31 heavy (non-hydrogen) atoms. The number of nitrogens with zero attached hydrogens (tertiary/aromatic N) is 1. The number of carbonyl (C=O) groups is 2. The van der Waals surface area contributed by atoms with Gasteiger partial charge in [-0.25, -0.2) is 4.79 Å². The number of ether oxygens (including phenoxy) is 3. The summed E-state index contributed by atoms with van der Waals surface area (Å²) in [6.45, 7) is 9.88. The number of alkyl carbamates (subject to hydrolysis) is 1. The van der Waals surface area contributed by atoms with Gasteiger partial charge in [-0.15, -0.1) is 0 Å². The quantitative estimate of drug-likeness (QED) is 0.637. The van der Waals surface area contributed by atoms with Gasteiger partial charge in [-0.05, 0) is 51.8 Å². The molecule has 0 fully saturated rings. The number of amides is 2. The van der Waals surface area contributed by atoms with E-state index in [9.17, 15) is 9.59 Å². The van der Waals surface area contributed by atoms with Crippen molar-refractivity contribution >= 4 is 12.0 Å². The van der Waals surface area contributed by atoms with Crippen LogP contribution >= 0.6 is 0 Å². The van der Waals surface area contributed by atoms with Crippen LogP contribution in [0.5, 0.6) is 5.75 Å². The molecule has 7 heteroatoms. The zero-order chi connectivity index (χ0) is 23.2. The molecule has 0 unspecified atom stereocenters. The molecule has 0 saturated carbocycles. The largest absolute Gasteiger partial charge is 0.497 e. The number of hydrogen-bond donors (Lipinski definition) is 1. The van der Waals surface area contributed by atoms with Gasteiger partial charge < -0.3 is 24.4 Å². The van der Waals surface area contributed by atoms with E-state index in [0.717, 1.165) is 17.7 Å². The van der Waals surface area contributed by atoms with Gasteiger partial charge >= 0.3 is 6.09 Å². The van der Waals surface area contributed by atoms with E-state index in [4.69, 9.17) is 14.2 Å². The van der Waals surface area contributed by atoms with Crippen molar-refractivity contribution in [3.05, 3.63) is 42.0 Å². The molecule has 7 nitrogen and oxygen atoms in total. The maximum atomic E-state index is 12.7. The van der Waals surface area contributed by atoms with Gasteiger partial charge in [0.2, 0.25) is 5.91 Å². The lowest BCUT2D eigenvalue weighted by Gasteiger charge is -2.42. The highest BCUT2D eigenvalue weighted by molar-refractivity contribution is 5.91. The molecule has 1 N–H and O–H groups in total. The maximum absolute atomic E-state index is 12.7. The lowest BCUT2D eigenvalue weighted by molar-refractivity contribution is -0.129. The van der Waals surface area contributed by atoms with E-state index in [1.54, 1.807) is 25.2 Å². The summed E-state index contributed by atoms with van der Waals surface area (Å²) in [5.74, 6) is 0.650. The second kappa shape index (κ2) is 10.2. The predicted molar refractivity (Wildman–Crippen MR) is 120 cm³/mol. The summed E-state index contributed by atoms with van der Waals surface area (Å²) in [7, 11) is 3.25. The fraction of sp³-hybridized carbons (Fsp3) is 0.583. The molecule has 0 bridgehead atoms. The minimum absolute atomic E-state index is 0.105. The number of rotatable bonds is 9. The predicted octanol–water partition coefficient (Wildman–Crippen LogP) is 4.06.